The van der Waals surface area contributed by atoms with Gasteiger partial charge in [0.25, 0.3) is 0 Å². The Morgan fingerprint density at radius 1 is 0.725 bits per heavy atom. The van der Waals surface area contributed by atoms with Crippen molar-refractivity contribution < 1.29 is 68.4 Å². The number of rotatable bonds is 24. The van der Waals surface area contributed by atoms with E-state index in [-0.39, 0.29) is 63.7 Å². The summed E-state index contributed by atoms with van der Waals surface area (Å²) >= 11 is 0. The molecule has 0 spiro atoms. The van der Waals surface area contributed by atoms with Gasteiger partial charge in [-0.25, -0.2) is 9.59 Å². The highest BCUT2D eigenvalue weighted by Gasteiger charge is 2.45. The smallest absolute Gasteiger partial charge is 0.407 e. The van der Waals surface area contributed by atoms with Crippen LogP contribution in [0, 0.1) is 6.92 Å². The lowest BCUT2D eigenvalue weighted by atomic mass is 9.90. The third-order valence-electron chi connectivity index (χ3n) is 12.2. The number of carboxylic acid groups (broad SMARTS) is 1. The van der Waals surface area contributed by atoms with Crippen LogP contribution in [-0.4, -0.2) is 82.4 Å². The first kappa shape index (κ1) is 52.1. The Bertz CT molecular complexity index is 2540. The third kappa shape index (κ3) is 14.2. The molecule has 6 N–H and O–H groups in total. The molecule has 1 fully saturated rings. The summed E-state index contributed by atoms with van der Waals surface area (Å²) < 4.78 is 28.7. The molecule has 0 saturated carbocycles. The summed E-state index contributed by atoms with van der Waals surface area (Å²) in [4.78, 5) is 50.8. The number of fused-ring (bicyclic) bond motifs is 2. The number of aliphatic hydroxyl groups is 4. The molecule has 17 heteroatoms. The summed E-state index contributed by atoms with van der Waals surface area (Å²) in [5.41, 5.74) is 2.12. The average Bonchev–Trinajstić information content (AvgIpc) is 3.33. The zero-order chi connectivity index (χ0) is 49.5. The van der Waals surface area contributed by atoms with E-state index < -0.39 is 62.1 Å². The van der Waals surface area contributed by atoms with Crippen LogP contribution in [0.2, 0.25) is 0 Å². The van der Waals surface area contributed by atoms with Gasteiger partial charge in [-0.2, -0.15) is 0 Å². The number of alkyl carbamates (subject to hydrolysis) is 2. The minimum atomic E-state index is -1.78. The number of aryl methyl sites for hydroxylation is 1. The predicted molar refractivity (Wildman–Crippen MR) is 250 cm³/mol. The molecule has 0 aromatic heterocycles. The molecule has 0 bridgehead atoms. The number of amides is 2. The fourth-order valence-electron chi connectivity index (χ4n) is 8.52. The molecule has 1 aliphatic carbocycles. The molecule has 2 heterocycles. The average molecular weight is 955 g/mol. The van der Waals surface area contributed by atoms with E-state index in [1.54, 1.807) is 25.1 Å². The van der Waals surface area contributed by atoms with Crippen molar-refractivity contribution in [1.29, 1.82) is 0 Å². The first-order valence-corrected chi connectivity index (χ1v) is 23.7. The normalized spacial score (nSPS) is 18.0. The van der Waals surface area contributed by atoms with Gasteiger partial charge in [-0.05, 0) is 60.9 Å². The Balaban J connectivity index is 1.10. The van der Waals surface area contributed by atoms with E-state index in [1.807, 2.05) is 0 Å². The van der Waals surface area contributed by atoms with Gasteiger partial charge < -0.3 is 69.4 Å². The highest BCUT2D eigenvalue weighted by Crippen LogP contribution is 2.42. The Kier molecular flexibility index (Phi) is 19.2. The Labute approximate surface area is 400 Å². The number of unbranched alkanes of at least 4 members (excludes halogenated alkanes) is 11. The van der Waals surface area contributed by atoms with E-state index in [2.05, 4.69) is 17.6 Å². The van der Waals surface area contributed by atoms with Crippen LogP contribution >= 0.6 is 0 Å². The topological polar surface area (TPSA) is 269 Å². The molecule has 2 unspecified atom stereocenters. The predicted octanol–water partition coefficient (Wildman–Crippen LogP) is 5.84. The molecule has 17 nitrogen and oxygen atoms in total. The Hall–Kier alpha value is -6.24. The van der Waals surface area contributed by atoms with Gasteiger partial charge >= 0.3 is 12.2 Å². The van der Waals surface area contributed by atoms with Gasteiger partial charge in [0, 0.05) is 52.4 Å². The monoisotopic (exact) mass is 954 g/mol. The number of hydrogen-bond acceptors (Lipinski definition) is 15. The standard InChI is InChI=1S/C52H64N2O15/c1-3-4-5-6-7-8-9-10-11-12-13-14-21-53-51(63)65-29-33-22-31(2)23-34(48(33)69-50-47(60)46(59)45(58)43(28-55)68-50)30-66-52(64)54-27-32-15-18-37(40(24-32)49(61)62)44-38-19-16-35(56)25-41(38)67-42-26-36(57)17-20-39(42)44/h15-20,22-26,43,45-47,50,55-56,58-60H,3-14,21,27-30H2,1-2H3,(H,53,63)(H,54,64)(H,61,62)/p-2/t43?,45-,46-,47?,50-/m0/s1. The van der Waals surface area contributed by atoms with Crippen LogP contribution in [0.3, 0.4) is 0 Å². The molecule has 1 saturated heterocycles. The van der Waals surface area contributed by atoms with E-state index in [9.17, 15) is 49.8 Å². The highest BCUT2D eigenvalue weighted by atomic mass is 16.7. The summed E-state index contributed by atoms with van der Waals surface area (Å²) in [6, 6.07) is 15.8. The van der Waals surface area contributed by atoms with Gasteiger partial charge in [0.2, 0.25) is 6.29 Å². The fourth-order valence-corrected chi connectivity index (χ4v) is 8.52. The van der Waals surface area contributed by atoms with E-state index in [1.165, 1.54) is 99.9 Å². The summed E-state index contributed by atoms with van der Waals surface area (Å²) in [5.74, 6) is -1.75. The molecule has 6 rings (SSSR count). The minimum Gasteiger partial charge on any atom is -0.872 e. The first-order valence-electron chi connectivity index (χ1n) is 23.7. The van der Waals surface area contributed by atoms with Crippen molar-refractivity contribution in [3.63, 3.8) is 0 Å². The lowest BCUT2D eigenvalue weighted by molar-refractivity contribution is -0.277. The molecule has 5 atom stereocenters. The van der Waals surface area contributed by atoms with Gasteiger partial charge in [0.05, 0.1) is 12.6 Å². The maximum Gasteiger partial charge on any atom is 0.407 e. The Morgan fingerprint density at radius 2 is 1.35 bits per heavy atom. The first-order chi connectivity index (χ1) is 33.3. The van der Waals surface area contributed by atoms with Gasteiger partial charge in [-0.1, -0.05) is 107 Å². The number of carbonyl (C=O) groups excluding carboxylic acids is 3. The van der Waals surface area contributed by atoms with Crippen molar-refractivity contribution in [2.75, 3.05) is 13.2 Å². The molecule has 69 heavy (non-hydrogen) atoms. The molecule has 2 aliphatic heterocycles. The number of aliphatic hydroxyl groups excluding tert-OH is 4. The minimum absolute atomic E-state index is 0.0209. The second-order valence-electron chi connectivity index (χ2n) is 17.5. The number of benzene rings is 4. The lowest BCUT2D eigenvalue weighted by Gasteiger charge is -2.40. The number of hydrogen-bond donors (Lipinski definition) is 6. The van der Waals surface area contributed by atoms with Gasteiger partial charge in [0.1, 0.15) is 54.7 Å². The highest BCUT2D eigenvalue weighted by molar-refractivity contribution is 6.07. The van der Waals surface area contributed by atoms with Crippen molar-refractivity contribution in [3.8, 4) is 33.9 Å². The largest absolute Gasteiger partial charge is 0.872 e. The van der Waals surface area contributed by atoms with Crippen LogP contribution in [0.1, 0.15) is 117 Å². The van der Waals surface area contributed by atoms with Crippen molar-refractivity contribution in [1.82, 2.24) is 10.6 Å². The molecule has 0 radical (unpaired) electrons. The van der Waals surface area contributed by atoms with E-state index >= 15 is 0 Å². The molecule has 3 aromatic rings. The van der Waals surface area contributed by atoms with Crippen molar-refractivity contribution >= 4 is 29.1 Å². The maximum absolute atomic E-state index is 13.2. The molecule has 3 aliphatic rings. The second-order valence-corrected chi connectivity index (χ2v) is 17.5. The quantitative estimate of drug-likeness (QED) is 0.0313. The van der Waals surface area contributed by atoms with Crippen LogP contribution in [-0.2, 0) is 34.0 Å². The summed E-state index contributed by atoms with van der Waals surface area (Å²) in [6.45, 7) is 2.72. The van der Waals surface area contributed by atoms with Crippen LogP contribution in [0.25, 0.3) is 33.4 Å². The van der Waals surface area contributed by atoms with Crippen molar-refractivity contribution in [2.45, 2.75) is 141 Å². The van der Waals surface area contributed by atoms with Crippen molar-refractivity contribution in [2.24, 2.45) is 0 Å². The molecule has 372 valence electrons. The molecular formula is C52H62N2O15-2. The van der Waals surface area contributed by atoms with Gasteiger partial charge in [-0.3, -0.25) is 4.79 Å². The number of nitrogens with one attached hydrogen (secondary N) is 2. The van der Waals surface area contributed by atoms with Gasteiger partial charge in [0.15, 0.2) is 5.43 Å². The summed E-state index contributed by atoms with van der Waals surface area (Å²) in [5, 5.41) is 72.1. The summed E-state index contributed by atoms with van der Waals surface area (Å²) in [7, 11) is 0. The number of carboxylic acids is 1. The van der Waals surface area contributed by atoms with Gasteiger partial charge in [-0.15, -0.1) is 5.75 Å². The van der Waals surface area contributed by atoms with Crippen LogP contribution in [0.5, 0.6) is 11.5 Å². The second kappa shape index (κ2) is 25.4. The van der Waals surface area contributed by atoms with E-state index in [0.29, 0.717) is 34.2 Å². The maximum atomic E-state index is 13.2. The molecular weight excluding hydrogens is 893 g/mol. The van der Waals surface area contributed by atoms with E-state index in [0.717, 1.165) is 25.7 Å². The lowest BCUT2D eigenvalue weighted by Crippen LogP contribution is -2.60. The third-order valence-corrected chi connectivity index (χ3v) is 12.2. The van der Waals surface area contributed by atoms with Crippen LogP contribution in [0.4, 0.5) is 9.59 Å². The summed E-state index contributed by atoms with van der Waals surface area (Å²) in [6.07, 6.45) is 4.49. The van der Waals surface area contributed by atoms with E-state index in [4.69, 9.17) is 23.4 Å². The zero-order valence-corrected chi connectivity index (χ0v) is 39.0. The number of ether oxygens (including phenoxy) is 4. The number of aromatic carboxylic acids is 1. The van der Waals surface area contributed by atoms with Crippen LogP contribution < -0.4 is 31.0 Å². The molecule has 3 aromatic carbocycles. The Morgan fingerprint density at radius 3 is 1.99 bits per heavy atom. The SMILES string of the molecule is CCCCCCCCCCCCCCNC(=O)OCc1cc(C)cc(COC(=O)NCc2ccc(-c3c4ccc(=O)cc-4oc4cc([O-])ccc34)c(C(=O)[O-])c2)c1O[C@@H]1OC(CO)[C@H](O)[C@H](O)C1O. The van der Waals surface area contributed by atoms with Crippen molar-refractivity contribution in [3.05, 3.63) is 105 Å². The van der Waals surface area contributed by atoms with Crippen LogP contribution in [0.15, 0.2) is 75.9 Å². The molecule has 2 amide bonds. The number of carbonyl (C=O) groups is 3. The zero-order valence-electron chi connectivity index (χ0n) is 39.0. The fraction of sp³-hybridized carbons (Fsp3) is 0.462.